The highest BCUT2D eigenvalue weighted by Gasteiger charge is 2.67. The van der Waals surface area contributed by atoms with E-state index < -0.39 is 5.60 Å². The van der Waals surface area contributed by atoms with E-state index in [1.807, 2.05) is 0 Å². The molecule has 1 amide bonds. The second-order valence-corrected chi connectivity index (χ2v) is 10.0. The number of carbonyl (C=O) groups is 1. The van der Waals surface area contributed by atoms with Crippen LogP contribution >= 0.6 is 0 Å². The van der Waals surface area contributed by atoms with Gasteiger partial charge in [-0.3, -0.25) is 10.2 Å². The molecule has 2 heterocycles. The van der Waals surface area contributed by atoms with Crippen LogP contribution in [0.3, 0.4) is 0 Å². The summed E-state index contributed by atoms with van der Waals surface area (Å²) in [5.41, 5.74) is -0.672. The van der Waals surface area contributed by atoms with Gasteiger partial charge in [-0.1, -0.05) is 6.92 Å². The predicted octanol–water partition coefficient (Wildman–Crippen LogP) is 1.50. The molecule has 130 valence electrons. The Balaban J connectivity index is 1.37. The highest BCUT2D eigenvalue weighted by molar-refractivity contribution is 6.00. The quantitative estimate of drug-likeness (QED) is 0.682. The molecule has 5 nitrogen and oxygen atoms in total. The molecule has 7 atom stereocenters. The molecule has 4 bridgehead atoms. The van der Waals surface area contributed by atoms with Gasteiger partial charge in [-0.2, -0.15) is 0 Å². The fraction of sp³-hybridized carbons (Fsp3) is 0.895. The third kappa shape index (κ3) is 1.56. The molecule has 7 aliphatic rings. The number of carbonyl (C=O) groups excluding carboxylic acids is 1. The minimum absolute atomic E-state index is 0.00282. The molecule has 5 aliphatic carbocycles. The number of hydrogen-bond donors (Lipinski definition) is 3. The third-order valence-corrected chi connectivity index (χ3v) is 8.49. The van der Waals surface area contributed by atoms with Crippen LogP contribution in [-0.2, 0) is 4.79 Å². The average Bonchev–Trinajstić information content (AvgIpc) is 2.92. The zero-order valence-corrected chi connectivity index (χ0v) is 14.3. The Morgan fingerprint density at radius 3 is 2.58 bits per heavy atom. The highest BCUT2D eigenvalue weighted by Crippen LogP contribution is 2.64. The summed E-state index contributed by atoms with van der Waals surface area (Å²) in [5, 5.41) is 22.9. The topological polar surface area (TPSA) is 76.4 Å². The molecule has 0 aromatic heterocycles. The number of amides is 1. The molecule has 0 aromatic carbocycles. The van der Waals surface area contributed by atoms with Crippen molar-refractivity contribution in [2.75, 3.05) is 0 Å². The van der Waals surface area contributed by atoms with Gasteiger partial charge < -0.3 is 15.3 Å². The largest absolute Gasteiger partial charge is 0.390 e. The number of rotatable bonds is 1. The maximum atomic E-state index is 13.4. The van der Waals surface area contributed by atoms with E-state index in [0.717, 1.165) is 38.5 Å². The standard InChI is InChI=1S/C19H27N3O2/c1-9-12-3-13-16(20)21-15(17(23)22(13)14(9)12)18-4-10-2-11(5-18)7-19(24,6-10)8-18/h9-15,24H,2-8H2,1H3,(H2,20,21)/t9-,10?,11?,12+,13-,14-,15+,18?,19?/m0/s1. The van der Waals surface area contributed by atoms with Gasteiger partial charge in [0.15, 0.2) is 0 Å². The number of fused-ring (bicyclic) bond motifs is 3. The van der Waals surface area contributed by atoms with Crippen molar-refractivity contribution in [1.29, 1.82) is 5.41 Å². The lowest BCUT2D eigenvalue weighted by atomic mass is 9.46. The molecule has 7 rings (SSSR count). The molecule has 0 radical (unpaired) electrons. The Kier molecular flexibility index (Phi) is 2.35. The van der Waals surface area contributed by atoms with Crippen LogP contribution < -0.4 is 5.32 Å². The first-order valence-corrected chi connectivity index (χ1v) is 9.79. The van der Waals surface area contributed by atoms with E-state index in [9.17, 15) is 9.90 Å². The Morgan fingerprint density at radius 1 is 1.21 bits per heavy atom. The van der Waals surface area contributed by atoms with Gasteiger partial charge >= 0.3 is 0 Å². The van der Waals surface area contributed by atoms with Crippen molar-refractivity contribution in [2.24, 2.45) is 29.1 Å². The van der Waals surface area contributed by atoms with Crippen molar-refractivity contribution in [2.45, 2.75) is 75.6 Å². The lowest BCUT2D eigenvalue weighted by Crippen LogP contribution is -2.71. The van der Waals surface area contributed by atoms with E-state index in [4.69, 9.17) is 5.41 Å². The molecule has 3 N–H and O–H groups in total. The number of nitrogens with zero attached hydrogens (tertiary/aromatic N) is 1. The summed E-state index contributed by atoms with van der Waals surface area (Å²) >= 11 is 0. The predicted molar refractivity (Wildman–Crippen MR) is 88.4 cm³/mol. The summed E-state index contributed by atoms with van der Waals surface area (Å²) < 4.78 is 0. The third-order valence-electron chi connectivity index (χ3n) is 8.49. The van der Waals surface area contributed by atoms with Crippen molar-refractivity contribution >= 4 is 11.7 Å². The summed E-state index contributed by atoms with van der Waals surface area (Å²) in [6.07, 6.45) is 6.94. The Labute approximate surface area is 142 Å². The number of nitrogens with one attached hydrogen (secondary N) is 2. The maximum absolute atomic E-state index is 13.4. The van der Waals surface area contributed by atoms with Crippen molar-refractivity contribution in [1.82, 2.24) is 10.2 Å². The summed E-state index contributed by atoms with van der Waals surface area (Å²) in [6, 6.07) is 0.103. The molecule has 7 fully saturated rings. The molecule has 0 aromatic rings. The monoisotopic (exact) mass is 329 g/mol. The van der Waals surface area contributed by atoms with E-state index in [1.165, 1.54) is 6.42 Å². The van der Waals surface area contributed by atoms with Crippen molar-refractivity contribution in [3.8, 4) is 0 Å². The number of piperidine rings is 1. The van der Waals surface area contributed by atoms with Crippen molar-refractivity contribution in [3.05, 3.63) is 0 Å². The van der Waals surface area contributed by atoms with E-state index >= 15 is 0 Å². The van der Waals surface area contributed by atoms with E-state index in [-0.39, 0.29) is 23.4 Å². The summed E-state index contributed by atoms with van der Waals surface area (Å²) in [4.78, 5) is 15.5. The second-order valence-electron chi connectivity index (χ2n) is 10.0. The van der Waals surface area contributed by atoms with Gasteiger partial charge in [0.05, 0.1) is 11.6 Å². The van der Waals surface area contributed by atoms with Gasteiger partial charge in [-0.15, -0.1) is 0 Å². The van der Waals surface area contributed by atoms with Crippen molar-refractivity contribution < 1.29 is 9.90 Å². The smallest absolute Gasteiger partial charge is 0.246 e. The van der Waals surface area contributed by atoms with Crippen LogP contribution in [0.15, 0.2) is 0 Å². The number of aliphatic hydroxyl groups is 1. The number of piperazine rings is 1. The first-order valence-electron chi connectivity index (χ1n) is 9.79. The molecular weight excluding hydrogens is 302 g/mol. The van der Waals surface area contributed by atoms with E-state index in [0.29, 0.717) is 35.5 Å². The van der Waals surface area contributed by atoms with Gasteiger partial charge in [0.1, 0.15) is 11.9 Å². The SMILES string of the molecule is C[C@H]1[C@H]2C[C@H]3C(=N)N[C@@H](C45CC6CC(CC(O)(C6)C4)C5)C(=O)N3[C@@H]12. The fourth-order valence-electron chi connectivity index (χ4n) is 7.97. The molecule has 0 spiro atoms. The zero-order valence-electron chi connectivity index (χ0n) is 14.3. The average molecular weight is 329 g/mol. The Hall–Kier alpha value is -1.10. The summed E-state index contributed by atoms with van der Waals surface area (Å²) in [7, 11) is 0. The number of hydrogen-bond acceptors (Lipinski definition) is 3. The molecule has 2 unspecified atom stereocenters. The van der Waals surface area contributed by atoms with Gasteiger partial charge in [0.2, 0.25) is 5.91 Å². The van der Waals surface area contributed by atoms with Gasteiger partial charge in [0.25, 0.3) is 0 Å². The molecular formula is C19H27N3O2. The fourth-order valence-corrected chi connectivity index (χ4v) is 7.97. The van der Waals surface area contributed by atoms with Crippen LogP contribution in [0.2, 0.25) is 0 Å². The minimum atomic E-state index is -0.550. The first-order chi connectivity index (χ1) is 11.4. The van der Waals surface area contributed by atoms with E-state index in [1.54, 1.807) is 0 Å². The van der Waals surface area contributed by atoms with Crippen LogP contribution in [0.4, 0.5) is 0 Å². The van der Waals surface area contributed by atoms with Crippen LogP contribution in [0, 0.1) is 34.5 Å². The van der Waals surface area contributed by atoms with E-state index in [2.05, 4.69) is 17.1 Å². The maximum Gasteiger partial charge on any atom is 0.246 e. The highest BCUT2D eigenvalue weighted by atomic mass is 16.3. The lowest BCUT2D eigenvalue weighted by molar-refractivity contribution is -0.180. The lowest BCUT2D eigenvalue weighted by Gasteiger charge is -2.63. The van der Waals surface area contributed by atoms with Gasteiger partial charge in [0, 0.05) is 11.5 Å². The molecule has 24 heavy (non-hydrogen) atoms. The molecule has 2 saturated heterocycles. The molecule has 5 heteroatoms. The first kappa shape index (κ1) is 14.1. The number of amidine groups is 1. The Morgan fingerprint density at radius 2 is 1.92 bits per heavy atom. The summed E-state index contributed by atoms with van der Waals surface area (Å²) in [6.45, 7) is 2.24. The normalized spacial score (nSPS) is 60.1. The molecule has 5 saturated carbocycles. The van der Waals surface area contributed by atoms with Crippen molar-refractivity contribution in [3.63, 3.8) is 0 Å². The zero-order chi connectivity index (χ0) is 16.4. The van der Waals surface area contributed by atoms with Gasteiger partial charge in [-0.25, -0.2) is 0 Å². The van der Waals surface area contributed by atoms with Crippen LogP contribution in [0.1, 0.15) is 51.9 Å². The second kappa shape index (κ2) is 4.00. The van der Waals surface area contributed by atoms with Gasteiger partial charge in [-0.05, 0) is 68.6 Å². The van der Waals surface area contributed by atoms with Crippen LogP contribution in [0.25, 0.3) is 0 Å². The Bertz CT molecular complexity index is 647. The summed E-state index contributed by atoms with van der Waals surface area (Å²) in [5.74, 6) is 3.16. The van der Waals surface area contributed by atoms with Crippen LogP contribution in [0.5, 0.6) is 0 Å². The minimum Gasteiger partial charge on any atom is -0.390 e. The van der Waals surface area contributed by atoms with Crippen LogP contribution in [-0.4, -0.2) is 45.5 Å². The molecule has 2 aliphatic heterocycles.